The molecule has 0 spiro atoms. The lowest BCUT2D eigenvalue weighted by Crippen LogP contribution is -2.15. The summed E-state index contributed by atoms with van der Waals surface area (Å²) in [7, 11) is 0. The Morgan fingerprint density at radius 1 is 0.400 bits per heavy atom. The van der Waals surface area contributed by atoms with E-state index in [0.29, 0.717) is 23.4 Å². The third kappa shape index (κ3) is 5.02. The van der Waals surface area contributed by atoms with Gasteiger partial charge in [0.1, 0.15) is 16.7 Å². The van der Waals surface area contributed by atoms with Crippen LogP contribution in [0.25, 0.3) is 101 Å². The monoisotopic (exact) mass is 708 g/mol. The summed E-state index contributed by atoms with van der Waals surface area (Å²) in [5.41, 5.74) is 13.9. The fourth-order valence-electron chi connectivity index (χ4n) is 8.12. The number of nitrogens with zero attached hydrogens (tertiary/aromatic N) is 4. The van der Waals surface area contributed by atoms with Crippen molar-refractivity contribution in [1.82, 2.24) is 19.9 Å². The van der Waals surface area contributed by atoms with Crippen molar-refractivity contribution >= 4 is 33.0 Å². The highest BCUT2D eigenvalue weighted by atomic mass is 16.3. The molecule has 11 rings (SSSR count). The van der Waals surface area contributed by atoms with Crippen LogP contribution in [0, 0.1) is 0 Å². The molecule has 1 aliphatic rings. The lowest BCUT2D eigenvalue weighted by Gasteiger charge is -2.22. The summed E-state index contributed by atoms with van der Waals surface area (Å²) in [6, 6.07) is 54.0. The molecule has 1 aliphatic carbocycles. The van der Waals surface area contributed by atoms with Gasteiger partial charge in [-0.25, -0.2) is 19.9 Å². The van der Waals surface area contributed by atoms with Crippen molar-refractivity contribution in [2.45, 2.75) is 19.3 Å². The summed E-state index contributed by atoms with van der Waals surface area (Å²) < 4.78 is 12.7. The summed E-state index contributed by atoms with van der Waals surface area (Å²) in [5, 5.41) is 2.10. The van der Waals surface area contributed by atoms with E-state index >= 15 is 0 Å². The number of aromatic nitrogens is 4. The van der Waals surface area contributed by atoms with Crippen LogP contribution >= 0.6 is 0 Å². The van der Waals surface area contributed by atoms with E-state index in [1.807, 2.05) is 91.0 Å². The number of hydrogen-bond acceptors (Lipinski definition) is 6. The maximum absolute atomic E-state index is 6.39. The Labute approximate surface area is 316 Å². The highest BCUT2D eigenvalue weighted by molar-refractivity contribution is 6.09. The summed E-state index contributed by atoms with van der Waals surface area (Å²) in [6.45, 7) is 4.58. The Hall–Kier alpha value is -7.18. The van der Waals surface area contributed by atoms with Crippen LogP contribution in [0.5, 0.6) is 0 Å². The van der Waals surface area contributed by atoms with Gasteiger partial charge in [-0.1, -0.05) is 129 Å². The van der Waals surface area contributed by atoms with Crippen LogP contribution in [0.4, 0.5) is 0 Å². The van der Waals surface area contributed by atoms with E-state index in [4.69, 9.17) is 28.8 Å². The first-order chi connectivity index (χ1) is 27.0. The zero-order chi connectivity index (χ0) is 36.7. The number of para-hydroxylation sites is 2. The van der Waals surface area contributed by atoms with Crippen molar-refractivity contribution in [2.24, 2.45) is 0 Å². The second kappa shape index (κ2) is 11.9. The van der Waals surface area contributed by atoms with Crippen molar-refractivity contribution in [2.75, 3.05) is 0 Å². The molecular formula is C49H32N4O2. The Kier molecular flexibility index (Phi) is 6.79. The Balaban J connectivity index is 0.967. The predicted molar refractivity (Wildman–Crippen MR) is 219 cm³/mol. The SMILES string of the molecule is CC1(C)c2cc(-c3ccc(-c4nc(-c5ccccc5)nc(-c5cccc6c5oc5ccccc56)n4)cc3)ccc2-c2cc3nc(-c4ccccc4)oc3cc21. The van der Waals surface area contributed by atoms with Gasteiger partial charge in [-0.3, -0.25) is 0 Å². The van der Waals surface area contributed by atoms with Crippen LogP contribution in [0.2, 0.25) is 0 Å². The number of hydrogen-bond donors (Lipinski definition) is 0. The molecule has 55 heavy (non-hydrogen) atoms. The van der Waals surface area contributed by atoms with Gasteiger partial charge in [-0.15, -0.1) is 0 Å². The zero-order valence-corrected chi connectivity index (χ0v) is 30.1. The Morgan fingerprint density at radius 2 is 1.02 bits per heavy atom. The number of fused-ring (bicyclic) bond motifs is 7. The molecule has 0 amide bonds. The molecule has 6 nitrogen and oxygen atoms in total. The molecule has 0 bridgehead atoms. The quantitative estimate of drug-likeness (QED) is 0.177. The number of benzene rings is 7. The van der Waals surface area contributed by atoms with E-state index in [2.05, 4.69) is 80.6 Å². The molecular weight excluding hydrogens is 677 g/mol. The molecule has 0 unspecified atom stereocenters. The predicted octanol–water partition coefficient (Wildman–Crippen LogP) is 12.6. The molecule has 3 aromatic heterocycles. The standard InChI is InChI=1S/C49H32N4O2/c1-49(2)39-26-33(24-25-34(39)38-27-41-43(28-40(38)49)55-48(50-41)32-14-7-4-8-15-32)29-20-22-31(23-21-29)46-51-45(30-12-5-3-6-13-30)52-47(53-46)37-18-11-17-36-35-16-9-10-19-42(35)54-44(36)37/h3-28H,1-2H3. The van der Waals surface area contributed by atoms with Crippen LogP contribution in [0.15, 0.2) is 167 Å². The van der Waals surface area contributed by atoms with E-state index in [9.17, 15) is 0 Å². The molecule has 6 heteroatoms. The minimum Gasteiger partial charge on any atom is -0.455 e. The number of furan rings is 1. The Morgan fingerprint density at radius 3 is 1.80 bits per heavy atom. The molecule has 0 N–H and O–H groups in total. The van der Waals surface area contributed by atoms with Crippen LogP contribution in [-0.2, 0) is 5.41 Å². The van der Waals surface area contributed by atoms with Crippen molar-refractivity contribution in [3.05, 3.63) is 169 Å². The first-order valence-electron chi connectivity index (χ1n) is 18.5. The first-order valence-corrected chi connectivity index (χ1v) is 18.5. The maximum Gasteiger partial charge on any atom is 0.227 e. The topological polar surface area (TPSA) is 77.8 Å². The largest absolute Gasteiger partial charge is 0.455 e. The summed E-state index contributed by atoms with van der Waals surface area (Å²) in [5.74, 6) is 2.42. The van der Waals surface area contributed by atoms with Gasteiger partial charge in [0.05, 0.1) is 5.56 Å². The molecule has 0 fully saturated rings. The van der Waals surface area contributed by atoms with Crippen molar-refractivity contribution in [3.8, 4) is 67.9 Å². The number of rotatable bonds is 5. The third-order valence-corrected chi connectivity index (χ3v) is 11.0. The van der Waals surface area contributed by atoms with E-state index in [1.54, 1.807) is 0 Å². The number of oxazole rings is 1. The maximum atomic E-state index is 6.39. The smallest absolute Gasteiger partial charge is 0.227 e. The van der Waals surface area contributed by atoms with E-state index in [0.717, 1.165) is 66.4 Å². The van der Waals surface area contributed by atoms with Gasteiger partial charge in [0.15, 0.2) is 23.1 Å². The van der Waals surface area contributed by atoms with Crippen LogP contribution < -0.4 is 0 Å². The zero-order valence-electron chi connectivity index (χ0n) is 30.1. The van der Waals surface area contributed by atoms with E-state index in [1.165, 1.54) is 22.3 Å². The lowest BCUT2D eigenvalue weighted by atomic mass is 9.81. The first kappa shape index (κ1) is 31.4. The van der Waals surface area contributed by atoms with Gasteiger partial charge < -0.3 is 8.83 Å². The summed E-state index contributed by atoms with van der Waals surface area (Å²) >= 11 is 0. The molecule has 0 aliphatic heterocycles. The molecule has 10 aromatic rings. The van der Waals surface area contributed by atoms with Crippen LogP contribution in [0.3, 0.4) is 0 Å². The highest BCUT2D eigenvalue weighted by Crippen LogP contribution is 2.51. The Bertz CT molecular complexity index is 3110. The minimum absolute atomic E-state index is 0.216. The fraction of sp³-hybridized carbons (Fsp3) is 0.0612. The van der Waals surface area contributed by atoms with Gasteiger partial charge in [0, 0.05) is 32.9 Å². The van der Waals surface area contributed by atoms with E-state index in [-0.39, 0.29) is 5.41 Å². The molecule has 0 radical (unpaired) electrons. The fourth-order valence-corrected chi connectivity index (χ4v) is 8.12. The molecule has 260 valence electrons. The molecule has 7 aromatic carbocycles. The van der Waals surface area contributed by atoms with E-state index < -0.39 is 0 Å². The van der Waals surface area contributed by atoms with Gasteiger partial charge in [0.2, 0.25) is 5.89 Å². The average molecular weight is 709 g/mol. The van der Waals surface area contributed by atoms with Gasteiger partial charge in [0.25, 0.3) is 0 Å². The molecule has 0 saturated heterocycles. The van der Waals surface area contributed by atoms with Crippen molar-refractivity contribution < 1.29 is 8.83 Å². The molecule has 3 heterocycles. The summed E-state index contributed by atoms with van der Waals surface area (Å²) in [4.78, 5) is 19.9. The summed E-state index contributed by atoms with van der Waals surface area (Å²) in [6.07, 6.45) is 0. The normalized spacial score (nSPS) is 13.1. The molecule has 0 saturated carbocycles. The van der Waals surface area contributed by atoms with Crippen molar-refractivity contribution in [3.63, 3.8) is 0 Å². The van der Waals surface area contributed by atoms with Gasteiger partial charge in [-0.2, -0.15) is 0 Å². The van der Waals surface area contributed by atoms with Gasteiger partial charge >= 0.3 is 0 Å². The van der Waals surface area contributed by atoms with Crippen LogP contribution in [0.1, 0.15) is 25.0 Å². The minimum atomic E-state index is -0.216. The van der Waals surface area contributed by atoms with Crippen molar-refractivity contribution in [1.29, 1.82) is 0 Å². The average Bonchev–Trinajstić information content (AvgIpc) is 3.90. The van der Waals surface area contributed by atoms with Crippen LogP contribution in [-0.4, -0.2) is 19.9 Å². The second-order valence-electron chi connectivity index (χ2n) is 14.7. The lowest BCUT2D eigenvalue weighted by molar-refractivity contribution is 0.614. The second-order valence-corrected chi connectivity index (χ2v) is 14.7. The molecule has 0 atom stereocenters. The third-order valence-electron chi connectivity index (χ3n) is 11.0. The highest BCUT2D eigenvalue weighted by Gasteiger charge is 2.36. The van der Waals surface area contributed by atoms with Gasteiger partial charge in [-0.05, 0) is 75.8 Å².